The van der Waals surface area contributed by atoms with Gasteiger partial charge in [-0.15, -0.1) is 0 Å². The Morgan fingerprint density at radius 3 is 3.00 bits per heavy atom. The number of carboxylic acid groups (broad SMARTS) is 1. The zero-order valence-electron chi connectivity index (χ0n) is 10.9. The lowest BCUT2D eigenvalue weighted by atomic mass is 10.2. The van der Waals surface area contributed by atoms with Crippen LogP contribution in [0.3, 0.4) is 0 Å². The van der Waals surface area contributed by atoms with E-state index in [4.69, 9.17) is 9.84 Å². The van der Waals surface area contributed by atoms with E-state index in [1.807, 2.05) is 0 Å². The molecule has 2 N–H and O–H groups in total. The van der Waals surface area contributed by atoms with Crippen molar-refractivity contribution in [2.24, 2.45) is 0 Å². The molecule has 2 aromatic rings. The number of carbonyl (C=O) groups is 2. The van der Waals surface area contributed by atoms with Crippen molar-refractivity contribution in [1.82, 2.24) is 14.9 Å². The Labute approximate surface area is 115 Å². The minimum Gasteiger partial charge on any atom is -0.480 e. The molecule has 2 aromatic heterocycles. The van der Waals surface area contributed by atoms with E-state index in [1.165, 1.54) is 13.3 Å². The average molecular weight is 277 g/mol. The third-order valence-corrected chi connectivity index (χ3v) is 2.89. The van der Waals surface area contributed by atoms with E-state index in [0.29, 0.717) is 11.1 Å². The standard InChI is InChI=1S/C13H15N3O4/c1-20-7-5-10(13(18)19)15-12(17)9-8-14-16-6-3-2-4-11(9)16/h2-4,6,8,10H,5,7H2,1H3,(H,15,17)(H,18,19). The molecule has 0 fully saturated rings. The summed E-state index contributed by atoms with van der Waals surface area (Å²) in [5.74, 6) is -1.55. The van der Waals surface area contributed by atoms with E-state index in [9.17, 15) is 9.59 Å². The Morgan fingerprint density at radius 2 is 2.30 bits per heavy atom. The summed E-state index contributed by atoms with van der Waals surface area (Å²) in [6.07, 6.45) is 3.34. The van der Waals surface area contributed by atoms with Crippen molar-refractivity contribution in [2.45, 2.75) is 12.5 Å². The fourth-order valence-corrected chi connectivity index (χ4v) is 1.84. The highest BCUT2D eigenvalue weighted by Crippen LogP contribution is 2.10. The van der Waals surface area contributed by atoms with Crippen molar-refractivity contribution in [1.29, 1.82) is 0 Å². The van der Waals surface area contributed by atoms with E-state index in [2.05, 4.69) is 10.4 Å². The summed E-state index contributed by atoms with van der Waals surface area (Å²) in [5.41, 5.74) is 0.968. The minimum absolute atomic E-state index is 0.205. The third kappa shape index (κ3) is 2.94. The molecule has 0 saturated carbocycles. The topological polar surface area (TPSA) is 92.9 Å². The summed E-state index contributed by atoms with van der Waals surface area (Å²) >= 11 is 0. The van der Waals surface area contributed by atoms with Crippen LogP contribution in [0.25, 0.3) is 5.52 Å². The van der Waals surface area contributed by atoms with E-state index in [1.54, 1.807) is 28.9 Å². The molecule has 0 aliphatic carbocycles. The number of aliphatic carboxylic acids is 1. The summed E-state index contributed by atoms with van der Waals surface area (Å²) in [7, 11) is 1.48. The lowest BCUT2D eigenvalue weighted by Crippen LogP contribution is -2.41. The number of carboxylic acids is 1. The fourth-order valence-electron chi connectivity index (χ4n) is 1.84. The number of hydrogen-bond donors (Lipinski definition) is 2. The van der Waals surface area contributed by atoms with Gasteiger partial charge in [-0.3, -0.25) is 4.79 Å². The summed E-state index contributed by atoms with van der Waals surface area (Å²) in [4.78, 5) is 23.2. The van der Waals surface area contributed by atoms with Gasteiger partial charge in [-0.25, -0.2) is 9.31 Å². The Kier molecular flexibility index (Phi) is 4.31. The maximum Gasteiger partial charge on any atom is 0.326 e. The molecule has 0 saturated heterocycles. The lowest BCUT2D eigenvalue weighted by molar-refractivity contribution is -0.139. The van der Waals surface area contributed by atoms with Crippen LogP contribution in [0.5, 0.6) is 0 Å². The van der Waals surface area contributed by atoms with Crippen LogP contribution >= 0.6 is 0 Å². The molecule has 0 aliphatic heterocycles. The van der Waals surface area contributed by atoms with Crippen LogP contribution in [0, 0.1) is 0 Å². The number of carbonyl (C=O) groups excluding carboxylic acids is 1. The van der Waals surface area contributed by atoms with Gasteiger partial charge in [-0.1, -0.05) is 6.07 Å². The first-order valence-corrected chi connectivity index (χ1v) is 6.08. The van der Waals surface area contributed by atoms with Gasteiger partial charge in [0, 0.05) is 26.3 Å². The van der Waals surface area contributed by atoms with Crippen molar-refractivity contribution in [3.63, 3.8) is 0 Å². The third-order valence-electron chi connectivity index (χ3n) is 2.89. The summed E-state index contributed by atoms with van der Waals surface area (Å²) < 4.78 is 6.39. The van der Waals surface area contributed by atoms with Gasteiger partial charge in [-0.2, -0.15) is 5.10 Å². The van der Waals surface area contributed by atoms with Crippen molar-refractivity contribution in [2.75, 3.05) is 13.7 Å². The number of ether oxygens (including phenoxy) is 1. The molecule has 106 valence electrons. The zero-order chi connectivity index (χ0) is 14.5. The summed E-state index contributed by atoms with van der Waals surface area (Å²) in [6.45, 7) is 0.256. The predicted octanol–water partition coefficient (Wildman–Crippen LogP) is 0.554. The van der Waals surface area contributed by atoms with Crippen LogP contribution in [-0.4, -0.2) is 46.4 Å². The average Bonchev–Trinajstić information content (AvgIpc) is 2.87. The maximum atomic E-state index is 12.1. The van der Waals surface area contributed by atoms with Crippen molar-refractivity contribution in [3.8, 4) is 0 Å². The highest BCUT2D eigenvalue weighted by Gasteiger charge is 2.22. The molecule has 0 spiro atoms. The predicted molar refractivity (Wildman–Crippen MR) is 70.6 cm³/mol. The number of aromatic nitrogens is 2. The largest absolute Gasteiger partial charge is 0.480 e. The highest BCUT2D eigenvalue weighted by molar-refractivity contribution is 6.02. The minimum atomic E-state index is -1.09. The van der Waals surface area contributed by atoms with E-state index < -0.39 is 17.9 Å². The quantitative estimate of drug-likeness (QED) is 0.804. The Balaban J connectivity index is 2.16. The van der Waals surface area contributed by atoms with Gasteiger partial charge >= 0.3 is 5.97 Å². The van der Waals surface area contributed by atoms with E-state index in [-0.39, 0.29) is 13.0 Å². The normalized spacial score (nSPS) is 12.2. The summed E-state index contributed by atoms with van der Waals surface area (Å²) in [6, 6.07) is 4.33. The van der Waals surface area contributed by atoms with E-state index in [0.717, 1.165) is 0 Å². The molecule has 0 radical (unpaired) electrons. The first kappa shape index (κ1) is 14.0. The van der Waals surface area contributed by atoms with Crippen LogP contribution in [0.1, 0.15) is 16.8 Å². The number of nitrogens with zero attached hydrogens (tertiary/aromatic N) is 2. The van der Waals surface area contributed by atoms with Crippen LogP contribution in [0.15, 0.2) is 30.6 Å². The molecule has 1 atom stereocenters. The second kappa shape index (κ2) is 6.16. The summed E-state index contributed by atoms with van der Waals surface area (Å²) in [5, 5.41) is 15.6. The number of methoxy groups -OCH3 is 1. The first-order valence-electron chi connectivity index (χ1n) is 6.08. The van der Waals surface area contributed by atoms with Crippen LogP contribution in [-0.2, 0) is 9.53 Å². The molecule has 7 nitrogen and oxygen atoms in total. The van der Waals surface area contributed by atoms with Crippen LogP contribution < -0.4 is 5.32 Å². The van der Waals surface area contributed by atoms with Gasteiger partial charge in [-0.05, 0) is 12.1 Å². The van der Waals surface area contributed by atoms with Gasteiger partial charge in [0.25, 0.3) is 5.91 Å². The molecule has 0 aromatic carbocycles. The van der Waals surface area contributed by atoms with Crippen molar-refractivity contribution >= 4 is 17.4 Å². The molecule has 7 heteroatoms. The monoisotopic (exact) mass is 277 g/mol. The fraction of sp³-hybridized carbons (Fsp3) is 0.308. The Morgan fingerprint density at radius 1 is 1.50 bits per heavy atom. The van der Waals surface area contributed by atoms with Crippen LogP contribution in [0.4, 0.5) is 0 Å². The van der Waals surface area contributed by atoms with Gasteiger partial charge in [0.05, 0.1) is 17.3 Å². The van der Waals surface area contributed by atoms with Gasteiger partial charge in [0.1, 0.15) is 6.04 Å². The molecular weight excluding hydrogens is 262 g/mol. The Bertz CT molecular complexity index is 623. The molecule has 2 heterocycles. The van der Waals surface area contributed by atoms with Crippen molar-refractivity contribution in [3.05, 3.63) is 36.2 Å². The van der Waals surface area contributed by atoms with Crippen LogP contribution in [0.2, 0.25) is 0 Å². The molecule has 1 amide bonds. The number of hydrogen-bond acceptors (Lipinski definition) is 4. The maximum absolute atomic E-state index is 12.1. The Hall–Kier alpha value is -2.41. The molecule has 0 bridgehead atoms. The number of nitrogens with one attached hydrogen (secondary N) is 1. The zero-order valence-corrected chi connectivity index (χ0v) is 10.9. The smallest absolute Gasteiger partial charge is 0.326 e. The lowest BCUT2D eigenvalue weighted by Gasteiger charge is -2.13. The molecular formula is C13H15N3O4. The molecule has 20 heavy (non-hydrogen) atoms. The first-order chi connectivity index (χ1) is 9.63. The van der Waals surface area contributed by atoms with Crippen molar-refractivity contribution < 1.29 is 19.4 Å². The molecule has 2 rings (SSSR count). The SMILES string of the molecule is COCCC(NC(=O)c1cnn2ccccc12)C(=O)O. The van der Waals surface area contributed by atoms with E-state index >= 15 is 0 Å². The number of amides is 1. The molecule has 1 unspecified atom stereocenters. The van der Waals surface area contributed by atoms with Gasteiger partial charge in [0.15, 0.2) is 0 Å². The van der Waals surface area contributed by atoms with Gasteiger partial charge in [0.2, 0.25) is 0 Å². The molecule has 0 aliphatic rings. The number of pyridine rings is 1. The second-order valence-electron chi connectivity index (χ2n) is 4.23. The second-order valence-corrected chi connectivity index (χ2v) is 4.23. The highest BCUT2D eigenvalue weighted by atomic mass is 16.5. The number of fused-ring (bicyclic) bond motifs is 1. The number of rotatable bonds is 6. The van der Waals surface area contributed by atoms with Gasteiger partial charge < -0.3 is 15.2 Å².